The molecule has 1 aliphatic heterocycles. The zero-order valence-corrected chi connectivity index (χ0v) is 15.2. The minimum atomic E-state index is -0.213. The van der Waals surface area contributed by atoms with E-state index in [-0.39, 0.29) is 12.0 Å². The van der Waals surface area contributed by atoms with Gasteiger partial charge in [0.25, 0.3) is 0 Å². The van der Waals surface area contributed by atoms with Gasteiger partial charge in [-0.1, -0.05) is 18.2 Å². The lowest BCUT2D eigenvalue weighted by Crippen LogP contribution is -2.43. The molecule has 1 aromatic heterocycles. The lowest BCUT2D eigenvalue weighted by Gasteiger charge is -2.33. The van der Waals surface area contributed by atoms with Gasteiger partial charge in [-0.3, -0.25) is 9.78 Å². The van der Waals surface area contributed by atoms with Crippen LogP contribution < -0.4 is 5.73 Å². The van der Waals surface area contributed by atoms with Crippen molar-refractivity contribution in [1.29, 1.82) is 0 Å². The third kappa shape index (κ3) is 3.58. The van der Waals surface area contributed by atoms with Crippen molar-refractivity contribution in [2.24, 2.45) is 0 Å². The Hall–Kier alpha value is -2.40. The Balaban J connectivity index is 1.44. The fourth-order valence-electron chi connectivity index (χ4n) is 3.96. The summed E-state index contributed by atoms with van der Waals surface area (Å²) in [5.74, 6) is 0.150. The highest BCUT2D eigenvalue weighted by Gasteiger charge is 2.27. The molecule has 136 valence electrons. The van der Waals surface area contributed by atoms with Crippen LogP contribution in [0, 0.1) is 6.92 Å². The second-order valence-electron chi connectivity index (χ2n) is 7.30. The van der Waals surface area contributed by atoms with E-state index in [1.807, 2.05) is 24.0 Å². The molecule has 0 bridgehead atoms. The molecule has 1 aromatic carbocycles. The maximum Gasteiger partial charge on any atom is 0.227 e. The standard InChI is InChI=1S/C21H25N3O2/c1-14-9-18(22)12-19(23-14)20-13-24(7-8-26-20)21(25)11-15-5-6-16-3-2-4-17(16)10-15/h5-6,9-10,12,20H,2-4,7-8,11,13H2,1H3,(H2,22,23)/t20-/m1/s1. The van der Waals surface area contributed by atoms with Crippen molar-refractivity contribution in [3.63, 3.8) is 0 Å². The Morgan fingerprint density at radius 3 is 2.96 bits per heavy atom. The van der Waals surface area contributed by atoms with Crippen LogP contribution in [0.2, 0.25) is 0 Å². The summed E-state index contributed by atoms with van der Waals surface area (Å²) in [6.45, 7) is 3.59. The quantitative estimate of drug-likeness (QED) is 0.923. The molecule has 0 spiro atoms. The average Bonchev–Trinajstić information content (AvgIpc) is 3.09. The Morgan fingerprint density at radius 2 is 2.12 bits per heavy atom. The van der Waals surface area contributed by atoms with Gasteiger partial charge in [0.2, 0.25) is 5.91 Å². The second kappa shape index (κ2) is 7.08. The summed E-state index contributed by atoms with van der Waals surface area (Å²) in [7, 11) is 0. The zero-order valence-electron chi connectivity index (χ0n) is 15.2. The van der Waals surface area contributed by atoms with E-state index in [0.29, 0.717) is 31.8 Å². The number of morpholine rings is 1. The molecule has 2 N–H and O–H groups in total. The van der Waals surface area contributed by atoms with E-state index in [1.165, 1.54) is 24.0 Å². The Morgan fingerprint density at radius 1 is 1.27 bits per heavy atom. The molecular weight excluding hydrogens is 326 g/mol. The van der Waals surface area contributed by atoms with Gasteiger partial charge < -0.3 is 15.4 Å². The normalized spacial score (nSPS) is 19.4. The van der Waals surface area contributed by atoms with Gasteiger partial charge in [0.1, 0.15) is 6.10 Å². The minimum Gasteiger partial charge on any atom is -0.399 e. The largest absolute Gasteiger partial charge is 0.399 e. The molecule has 1 saturated heterocycles. The number of nitrogen functional groups attached to an aromatic ring is 1. The van der Waals surface area contributed by atoms with Crippen LogP contribution in [0.1, 0.15) is 40.6 Å². The summed E-state index contributed by atoms with van der Waals surface area (Å²) in [5.41, 5.74) is 12.2. The molecule has 2 heterocycles. The lowest BCUT2D eigenvalue weighted by molar-refractivity contribution is -0.138. The van der Waals surface area contributed by atoms with Crippen molar-refractivity contribution >= 4 is 11.6 Å². The second-order valence-corrected chi connectivity index (χ2v) is 7.30. The van der Waals surface area contributed by atoms with Crippen LogP contribution in [0.5, 0.6) is 0 Å². The number of nitrogens with two attached hydrogens (primary N) is 1. The molecule has 26 heavy (non-hydrogen) atoms. The third-order valence-corrected chi connectivity index (χ3v) is 5.26. The molecule has 1 fully saturated rings. The van der Waals surface area contributed by atoms with Crippen LogP contribution >= 0.6 is 0 Å². The van der Waals surface area contributed by atoms with Gasteiger partial charge in [-0.25, -0.2) is 0 Å². The summed E-state index contributed by atoms with van der Waals surface area (Å²) in [6.07, 6.45) is 3.77. The summed E-state index contributed by atoms with van der Waals surface area (Å²) in [4.78, 5) is 19.2. The number of hydrogen-bond donors (Lipinski definition) is 1. The summed E-state index contributed by atoms with van der Waals surface area (Å²) < 4.78 is 5.85. The molecule has 1 aliphatic carbocycles. The van der Waals surface area contributed by atoms with Crippen molar-refractivity contribution < 1.29 is 9.53 Å². The predicted octanol–water partition coefficient (Wildman–Crippen LogP) is 2.60. The molecule has 5 heteroatoms. The summed E-state index contributed by atoms with van der Waals surface area (Å²) >= 11 is 0. The molecule has 2 aromatic rings. The monoisotopic (exact) mass is 351 g/mol. The SMILES string of the molecule is Cc1cc(N)cc([C@H]2CN(C(=O)Cc3ccc4c(c3)CCC4)CCO2)n1. The predicted molar refractivity (Wildman–Crippen MR) is 101 cm³/mol. The minimum absolute atomic E-state index is 0.150. The van der Waals surface area contributed by atoms with Gasteiger partial charge in [-0.15, -0.1) is 0 Å². The number of aromatic nitrogens is 1. The number of hydrogen-bond acceptors (Lipinski definition) is 4. The van der Waals surface area contributed by atoms with E-state index in [4.69, 9.17) is 10.5 Å². The number of ether oxygens (including phenoxy) is 1. The van der Waals surface area contributed by atoms with Crippen LogP contribution in [-0.4, -0.2) is 35.5 Å². The number of carbonyl (C=O) groups is 1. The Kier molecular flexibility index (Phi) is 4.64. The molecule has 1 amide bonds. The number of aryl methyl sites for hydroxylation is 3. The first kappa shape index (κ1) is 17.0. The first-order valence-corrected chi connectivity index (χ1v) is 9.32. The number of nitrogens with zero attached hydrogens (tertiary/aromatic N) is 2. The van der Waals surface area contributed by atoms with Crippen LogP contribution in [0.4, 0.5) is 5.69 Å². The fourth-order valence-corrected chi connectivity index (χ4v) is 3.96. The third-order valence-electron chi connectivity index (χ3n) is 5.26. The first-order chi connectivity index (χ1) is 12.6. The number of carbonyl (C=O) groups excluding carboxylic acids is 1. The Labute approximate surface area is 154 Å². The molecule has 2 aliphatic rings. The highest BCUT2D eigenvalue weighted by atomic mass is 16.5. The van der Waals surface area contributed by atoms with Crippen molar-refractivity contribution in [2.75, 3.05) is 25.4 Å². The summed E-state index contributed by atoms with van der Waals surface area (Å²) in [5, 5.41) is 0. The van der Waals surface area contributed by atoms with Crippen molar-refractivity contribution in [3.05, 3.63) is 58.4 Å². The van der Waals surface area contributed by atoms with E-state index < -0.39 is 0 Å². The molecule has 0 unspecified atom stereocenters. The summed E-state index contributed by atoms with van der Waals surface area (Å²) in [6, 6.07) is 10.2. The molecule has 0 radical (unpaired) electrons. The van der Waals surface area contributed by atoms with Crippen molar-refractivity contribution in [2.45, 2.75) is 38.7 Å². The maximum absolute atomic E-state index is 12.8. The average molecular weight is 351 g/mol. The number of rotatable bonds is 3. The smallest absolute Gasteiger partial charge is 0.227 e. The van der Waals surface area contributed by atoms with E-state index in [1.54, 1.807) is 0 Å². The van der Waals surface area contributed by atoms with Crippen LogP contribution in [-0.2, 0) is 28.8 Å². The van der Waals surface area contributed by atoms with E-state index in [2.05, 4.69) is 23.2 Å². The number of benzene rings is 1. The molecule has 0 saturated carbocycles. The van der Waals surface area contributed by atoms with Gasteiger partial charge >= 0.3 is 0 Å². The topological polar surface area (TPSA) is 68.5 Å². The first-order valence-electron chi connectivity index (χ1n) is 9.32. The number of pyridine rings is 1. The number of amides is 1. The highest BCUT2D eigenvalue weighted by molar-refractivity contribution is 5.79. The molecule has 5 nitrogen and oxygen atoms in total. The molecule has 4 rings (SSSR count). The van der Waals surface area contributed by atoms with Gasteiger partial charge in [0, 0.05) is 17.9 Å². The van der Waals surface area contributed by atoms with Crippen LogP contribution in [0.15, 0.2) is 30.3 Å². The van der Waals surface area contributed by atoms with Gasteiger partial charge in [-0.05, 0) is 55.0 Å². The zero-order chi connectivity index (χ0) is 18.1. The Bertz CT molecular complexity index is 814. The highest BCUT2D eigenvalue weighted by Crippen LogP contribution is 2.25. The number of fused-ring (bicyclic) bond motifs is 1. The maximum atomic E-state index is 12.8. The van der Waals surface area contributed by atoms with E-state index >= 15 is 0 Å². The number of anilines is 1. The van der Waals surface area contributed by atoms with Crippen LogP contribution in [0.25, 0.3) is 0 Å². The van der Waals surface area contributed by atoms with Gasteiger partial charge in [-0.2, -0.15) is 0 Å². The van der Waals surface area contributed by atoms with Gasteiger partial charge in [0.15, 0.2) is 0 Å². The van der Waals surface area contributed by atoms with E-state index in [9.17, 15) is 4.79 Å². The van der Waals surface area contributed by atoms with E-state index in [0.717, 1.165) is 23.4 Å². The van der Waals surface area contributed by atoms with Crippen molar-refractivity contribution in [1.82, 2.24) is 9.88 Å². The lowest BCUT2D eigenvalue weighted by atomic mass is 10.0. The fraction of sp³-hybridized carbons (Fsp3) is 0.429. The molecular formula is C21H25N3O2. The molecule has 1 atom stereocenters. The van der Waals surface area contributed by atoms with Gasteiger partial charge in [0.05, 0.1) is 25.3 Å². The van der Waals surface area contributed by atoms with Crippen LogP contribution in [0.3, 0.4) is 0 Å². The van der Waals surface area contributed by atoms with Crippen molar-refractivity contribution in [3.8, 4) is 0 Å².